The Kier molecular flexibility index (Phi) is 12.3. The van der Waals surface area contributed by atoms with Gasteiger partial charge in [0, 0.05) is 14.1 Å². The van der Waals surface area contributed by atoms with E-state index in [4.69, 9.17) is 0 Å². The Hall–Kier alpha value is 0.443. The average Bonchev–Trinajstić information content (AvgIpc) is 1.93. The second kappa shape index (κ2) is 9.44. The molecule has 0 spiro atoms. The first-order valence-corrected chi connectivity index (χ1v) is 9.94. The molecule has 0 bridgehead atoms. The topological polar surface area (TPSA) is 20.3 Å². The first-order valence-electron chi connectivity index (χ1n) is 2.99. The quantitative estimate of drug-likeness (QED) is 0.544. The fraction of sp³-hybridized carbons (Fsp3) is 0.667. The number of halogens is 1. The zero-order valence-corrected chi connectivity index (χ0v) is 11.3. The number of amides is 1. The van der Waals surface area contributed by atoms with Crippen molar-refractivity contribution in [3.63, 3.8) is 0 Å². The summed E-state index contributed by atoms with van der Waals surface area (Å²) >= 11 is 4.25. The van der Waals surface area contributed by atoms with Crippen molar-refractivity contribution in [2.75, 3.05) is 14.1 Å². The van der Waals surface area contributed by atoms with Crippen LogP contribution in [0.4, 0.5) is 0 Å². The second-order valence-electron chi connectivity index (χ2n) is 1.85. The molecule has 1 amide bonds. The molecule has 0 heterocycles. The van der Waals surface area contributed by atoms with Crippen molar-refractivity contribution in [3.05, 3.63) is 6.42 Å². The molecule has 2 nitrogen and oxygen atoms in total. The Bertz CT molecular complexity index is 87.8. The van der Waals surface area contributed by atoms with Crippen LogP contribution in [0.5, 0.6) is 0 Å². The zero-order chi connectivity index (χ0) is 8.57. The molecule has 4 heteroatoms. The maximum atomic E-state index is 10.6. The van der Waals surface area contributed by atoms with Gasteiger partial charge in [0.2, 0.25) is 0 Å². The molecule has 0 rings (SSSR count). The van der Waals surface area contributed by atoms with Gasteiger partial charge < -0.3 is 16.1 Å². The molecule has 0 aliphatic rings. The molecule has 0 aromatic rings. The fourth-order valence-electron chi connectivity index (χ4n) is 0.357. The van der Waals surface area contributed by atoms with E-state index in [1.54, 1.807) is 25.4 Å². The van der Waals surface area contributed by atoms with Crippen molar-refractivity contribution in [2.45, 2.75) is 13.3 Å². The summed E-state index contributed by atoms with van der Waals surface area (Å²) in [5.41, 5.74) is 0. The third-order valence-electron chi connectivity index (χ3n) is 0.820. The van der Waals surface area contributed by atoms with Crippen LogP contribution in [-0.4, -0.2) is 24.9 Å². The van der Waals surface area contributed by atoms with Gasteiger partial charge in [-0.15, -0.1) is 0 Å². The van der Waals surface area contributed by atoms with Gasteiger partial charge in [0.25, 0.3) is 0 Å². The van der Waals surface area contributed by atoms with Gasteiger partial charge >= 0.3 is 30.0 Å². The van der Waals surface area contributed by atoms with Gasteiger partial charge in [-0.2, -0.15) is 6.42 Å². The molecule has 0 aliphatic heterocycles. The molecule has 0 fully saturated rings. The molecule has 10 heavy (non-hydrogen) atoms. The Balaban J connectivity index is 0. The van der Waals surface area contributed by atoms with E-state index in [0.29, 0.717) is 0 Å². The van der Waals surface area contributed by atoms with Gasteiger partial charge in [0.1, 0.15) is 0 Å². The molecule has 0 aromatic heterocycles. The number of nitrogens with zero attached hydrogens (tertiary/aromatic N) is 1. The Morgan fingerprint density at radius 3 is 2.10 bits per heavy atom. The third-order valence-corrected chi connectivity index (χ3v) is 0.820. The van der Waals surface area contributed by atoms with Crippen LogP contribution in [-0.2, 0) is 21.1 Å². The monoisotopic (exact) mass is 257 g/mol. The molecule has 0 saturated carbocycles. The molecule has 0 saturated heterocycles. The first kappa shape index (κ1) is 13.1. The number of carbonyl (C=O) groups is 1. The Morgan fingerprint density at radius 2 is 2.00 bits per heavy atom. The van der Waals surface area contributed by atoms with Crippen molar-refractivity contribution in [3.8, 4) is 0 Å². The standard InChI is InChI=1S/C6H12NO.BrH.Zn/c1-4-5-6(8)7(2)3;;/h5H,4H2,1-3H3;1H;/q-1;;+2/p-1. The summed E-state index contributed by atoms with van der Waals surface area (Å²) in [6.45, 7) is 1.95. The summed E-state index contributed by atoms with van der Waals surface area (Å²) in [4.78, 5) is 12.2. The van der Waals surface area contributed by atoms with Crippen LogP contribution in [0.3, 0.4) is 0 Å². The van der Waals surface area contributed by atoms with Crippen LogP contribution < -0.4 is 0 Å². The minimum atomic E-state index is 0.0903. The van der Waals surface area contributed by atoms with Crippen molar-refractivity contribution in [1.82, 2.24) is 4.90 Å². The van der Waals surface area contributed by atoms with Crippen LogP contribution in [0.15, 0.2) is 0 Å². The van der Waals surface area contributed by atoms with Gasteiger partial charge in [-0.05, 0) is 0 Å². The summed E-state index contributed by atoms with van der Waals surface area (Å²) in [5, 5.41) is 0. The summed E-state index contributed by atoms with van der Waals surface area (Å²) in [6, 6.07) is 0. The summed E-state index contributed by atoms with van der Waals surface area (Å²) < 4.78 is 0. The summed E-state index contributed by atoms with van der Waals surface area (Å²) in [5.74, 6) is 0.0903. The van der Waals surface area contributed by atoms with E-state index in [1.165, 1.54) is 16.3 Å². The maximum absolute atomic E-state index is 10.6. The predicted molar refractivity (Wildman–Crippen MR) is 42.2 cm³/mol. The van der Waals surface area contributed by atoms with Gasteiger partial charge in [-0.25, -0.2) is 0 Å². The van der Waals surface area contributed by atoms with Gasteiger partial charge in [-0.3, -0.25) is 0 Å². The molecule has 0 aromatic carbocycles. The molecular weight excluding hydrogens is 247 g/mol. The van der Waals surface area contributed by atoms with Gasteiger partial charge in [0.15, 0.2) is 0 Å². The minimum absolute atomic E-state index is 0.0903. The second-order valence-corrected chi connectivity index (χ2v) is 1.85. The molecular formula is C6H12BrNOZn. The molecule has 0 aliphatic carbocycles. The number of rotatable bonds is 2. The molecule has 56 valence electrons. The van der Waals surface area contributed by atoms with Gasteiger partial charge in [0.05, 0.1) is 5.91 Å². The van der Waals surface area contributed by atoms with E-state index in [-0.39, 0.29) is 5.91 Å². The fourth-order valence-corrected chi connectivity index (χ4v) is 0.357. The molecule has 0 atom stereocenters. The molecule has 0 N–H and O–H groups in total. The van der Waals surface area contributed by atoms with Crippen LogP contribution in [0.1, 0.15) is 13.3 Å². The number of hydrogen-bond acceptors (Lipinski definition) is 1. The number of hydrogen-bond donors (Lipinski definition) is 0. The van der Waals surface area contributed by atoms with Crippen molar-refractivity contribution >= 4 is 19.5 Å². The van der Waals surface area contributed by atoms with E-state index >= 15 is 0 Å². The van der Waals surface area contributed by atoms with Crippen molar-refractivity contribution in [2.24, 2.45) is 0 Å². The normalized spacial score (nSPS) is 7.40. The first-order chi connectivity index (χ1) is 4.68. The van der Waals surface area contributed by atoms with Crippen LogP contribution in [0.25, 0.3) is 0 Å². The van der Waals surface area contributed by atoms with E-state index in [2.05, 4.69) is 13.6 Å². The van der Waals surface area contributed by atoms with Crippen molar-refractivity contribution in [1.29, 1.82) is 0 Å². The van der Waals surface area contributed by atoms with E-state index in [1.807, 2.05) is 6.92 Å². The number of carbonyl (C=O) groups excluding carboxylic acids is 1. The molecule has 0 radical (unpaired) electrons. The summed E-state index contributed by atoms with van der Waals surface area (Å²) in [7, 11) is 3.49. The third kappa shape index (κ3) is 8.44. The zero-order valence-electron chi connectivity index (χ0n) is 6.72. The van der Waals surface area contributed by atoms with Gasteiger partial charge in [-0.1, -0.05) is 6.92 Å². The SMILES string of the molecule is CC[CH-]C(=O)N(C)C.[Zn+][Br]. The van der Waals surface area contributed by atoms with E-state index in [0.717, 1.165) is 6.42 Å². The van der Waals surface area contributed by atoms with Crippen LogP contribution in [0.2, 0.25) is 0 Å². The van der Waals surface area contributed by atoms with Crippen molar-refractivity contribution < 1.29 is 21.1 Å². The Labute approximate surface area is 79.4 Å². The Morgan fingerprint density at radius 1 is 1.60 bits per heavy atom. The summed E-state index contributed by atoms with van der Waals surface area (Å²) in [6.07, 6.45) is 2.47. The average molecular weight is 259 g/mol. The van der Waals surface area contributed by atoms with E-state index < -0.39 is 0 Å². The van der Waals surface area contributed by atoms with Crippen LogP contribution in [0, 0.1) is 6.42 Å². The predicted octanol–water partition coefficient (Wildman–Crippen LogP) is 1.53. The van der Waals surface area contributed by atoms with Crippen LogP contribution >= 0.6 is 13.6 Å². The van der Waals surface area contributed by atoms with E-state index in [9.17, 15) is 4.79 Å². The molecule has 0 unspecified atom stereocenters.